The molecular weight excluding hydrogens is 334 g/mol. The summed E-state index contributed by atoms with van der Waals surface area (Å²) in [5, 5.41) is 24.2. The molecule has 0 saturated heterocycles. The van der Waals surface area contributed by atoms with Crippen LogP contribution in [0.15, 0.2) is 18.2 Å². The predicted octanol–water partition coefficient (Wildman–Crippen LogP) is 2.35. The molecule has 0 aliphatic rings. The van der Waals surface area contributed by atoms with Crippen molar-refractivity contribution in [3.05, 3.63) is 44.0 Å². The van der Waals surface area contributed by atoms with Gasteiger partial charge in [-0.3, -0.25) is 25.0 Å². The van der Waals surface area contributed by atoms with Gasteiger partial charge in [-0.2, -0.15) is 0 Å². The summed E-state index contributed by atoms with van der Waals surface area (Å²) >= 11 is 0. The number of unbranched alkanes of at least 4 members (excludes halogenated alkanes) is 1. The van der Waals surface area contributed by atoms with Crippen LogP contribution in [0.4, 0.5) is 11.4 Å². The number of hydrogen-bond acceptors (Lipinski definition) is 7. The van der Waals surface area contributed by atoms with E-state index in [4.69, 9.17) is 4.74 Å². The minimum absolute atomic E-state index is 0.139. The average molecular weight is 353 g/mol. The Labute approximate surface area is 143 Å². The van der Waals surface area contributed by atoms with Crippen LogP contribution in [0.25, 0.3) is 0 Å². The number of carbonyl (C=O) groups excluding carboxylic acids is 2. The number of nitrogens with zero attached hydrogens (tertiary/aromatic N) is 2. The van der Waals surface area contributed by atoms with Crippen LogP contribution in [-0.4, -0.2) is 34.4 Å². The number of nitrogens with one attached hydrogen (secondary N) is 1. The van der Waals surface area contributed by atoms with Crippen LogP contribution in [-0.2, 0) is 9.53 Å². The Balaban J connectivity index is 3.08. The first-order valence-electron chi connectivity index (χ1n) is 7.71. The van der Waals surface area contributed by atoms with E-state index < -0.39 is 39.1 Å². The SMILES string of the molecule is CCCC[C@@H](NC(=O)c1cc([N+](=O)[O-])cc([N+](=O)[O-])c1)C(=O)OCC. The Kier molecular flexibility index (Phi) is 7.44. The van der Waals surface area contributed by atoms with Crippen molar-refractivity contribution in [2.75, 3.05) is 6.61 Å². The third-order valence-electron chi connectivity index (χ3n) is 3.31. The molecule has 0 fully saturated rings. The van der Waals surface area contributed by atoms with Crippen molar-refractivity contribution in [1.29, 1.82) is 0 Å². The van der Waals surface area contributed by atoms with E-state index in [0.29, 0.717) is 12.8 Å². The molecule has 1 N–H and O–H groups in total. The van der Waals surface area contributed by atoms with Gasteiger partial charge in [-0.05, 0) is 13.3 Å². The van der Waals surface area contributed by atoms with E-state index in [9.17, 15) is 29.8 Å². The molecule has 0 unspecified atom stereocenters. The maximum Gasteiger partial charge on any atom is 0.328 e. The number of rotatable bonds is 9. The first-order chi connectivity index (χ1) is 11.8. The molecule has 0 heterocycles. The molecule has 0 bridgehead atoms. The van der Waals surface area contributed by atoms with Crippen LogP contribution >= 0.6 is 0 Å². The summed E-state index contributed by atoms with van der Waals surface area (Å²) in [7, 11) is 0. The second kappa shape index (κ2) is 9.30. The summed E-state index contributed by atoms with van der Waals surface area (Å²) < 4.78 is 4.89. The van der Waals surface area contributed by atoms with E-state index in [1.54, 1.807) is 6.92 Å². The zero-order valence-electron chi connectivity index (χ0n) is 13.9. The third kappa shape index (κ3) is 5.83. The number of benzene rings is 1. The van der Waals surface area contributed by atoms with Gasteiger partial charge in [0, 0.05) is 12.1 Å². The molecular formula is C15H19N3O7. The van der Waals surface area contributed by atoms with Crippen LogP contribution in [0.5, 0.6) is 0 Å². The van der Waals surface area contributed by atoms with Crippen LogP contribution in [0.1, 0.15) is 43.5 Å². The lowest BCUT2D eigenvalue weighted by atomic mass is 10.1. The van der Waals surface area contributed by atoms with Crippen LogP contribution < -0.4 is 5.32 Å². The highest BCUT2D eigenvalue weighted by atomic mass is 16.6. The van der Waals surface area contributed by atoms with Crippen molar-refractivity contribution in [2.24, 2.45) is 0 Å². The van der Waals surface area contributed by atoms with Gasteiger partial charge >= 0.3 is 5.97 Å². The highest BCUT2D eigenvalue weighted by Gasteiger charge is 2.25. The van der Waals surface area contributed by atoms with Gasteiger partial charge in [-0.1, -0.05) is 19.8 Å². The molecule has 25 heavy (non-hydrogen) atoms. The summed E-state index contributed by atoms with van der Waals surface area (Å²) in [5.41, 5.74) is -1.44. The fourth-order valence-corrected chi connectivity index (χ4v) is 2.08. The van der Waals surface area contributed by atoms with Crippen LogP contribution in [0, 0.1) is 20.2 Å². The van der Waals surface area contributed by atoms with Crippen molar-refractivity contribution in [3.8, 4) is 0 Å². The minimum Gasteiger partial charge on any atom is -0.464 e. The largest absolute Gasteiger partial charge is 0.464 e. The van der Waals surface area contributed by atoms with Gasteiger partial charge in [-0.15, -0.1) is 0 Å². The number of amides is 1. The topological polar surface area (TPSA) is 142 Å². The lowest BCUT2D eigenvalue weighted by molar-refractivity contribution is -0.394. The molecule has 136 valence electrons. The summed E-state index contributed by atoms with van der Waals surface area (Å²) in [6.07, 6.45) is 1.77. The summed E-state index contributed by atoms with van der Waals surface area (Å²) in [5.74, 6) is -1.44. The van der Waals surface area contributed by atoms with Crippen molar-refractivity contribution < 1.29 is 24.2 Å². The number of hydrogen-bond donors (Lipinski definition) is 1. The lowest BCUT2D eigenvalue weighted by Gasteiger charge is -2.17. The van der Waals surface area contributed by atoms with Gasteiger partial charge in [0.05, 0.1) is 28.1 Å². The number of nitro benzene ring substituents is 2. The molecule has 0 radical (unpaired) electrons. The highest BCUT2D eigenvalue weighted by molar-refractivity contribution is 5.97. The van der Waals surface area contributed by atoms with Gasteiger partial charge in [-0.25, -0.2) is 4.79 Å². The molecule has 1 atom stereocenters. The number of carbonyl (C=O) groups is 2. The second-order valence-corrected chi connectivity index (χ2v) is 5.17. The van der Waals surface area contributed by atoms with Crippen molar-refractivity contribution in [2.45, 2.75) is 39.2 Å². The van der Waals surface area contributed by atoms with Gasteiger partial charge in [0.25, 0.3) is 17.3 Å². The van der Waals surface area contributed by atoms with Gasteiger partial charge in [0.1, 0.15) is 6.04 Å². The smallest absolute Gasteiger partial charge is 0.328 e. The zero-order valence-corrected chi connectivity index (χ0v) is 13.9. The number of non-ortho nitro benzene ring substituents is 2. The molecule has 1 aromatic rings. The number of ether oxygens (including phenoxy) is 1. The van der Waals surface area contributed by atoms with E-state index in [-0.39, 0.29) is 12.2 Å². The Morgan fingerprint density at radius 1 is 1.12 bits per heavy atom. The molecule has 0 aliphatic heterocycles. The molecule has 1 rings (SSSR count). The summed E-state index contributed by atoms with van der Waals surface area (Å²) in [6, 6.07) is 1.68. The molecule has 10 heteroatoms. The van der Waals surface area contributed by atoms with Crippen molar-refractivity contribution in [3.63, 3.8) is 0 Å². The monoisotopic (exact) mass is 353 g/mol. The quantitative estimate of drug-likeness (QED) is 0.408. The summed E-state index contributed by atoms with van der Waals surface area (Å²) in [4.78, 5) is 44.3. The second-order valence-electron chi connectivity index (χ2n) is 5.17. The first-order valence-corrected chi connectivity index (χ1v) is 7.71. The number of esters is 1. The number of nitro groups is 2. The molecule has 0 aromatic heterocycles. The van der Waals surface area contributed by atoms with Crippen molar-refractivity contribution in [1.82, 2.24) is 5.32 Å². The molecule has 1 aromatic carbocycles. The van der Waals surface area contributed by atoms with E-state index in [2.05, 4.69) is 5.32 Å². The highest BCUT2D eigenvalue weighted by Crippen LogP contribution is 2.22. The van der Waals surface area contributed by atoms with Crippen LogP contribution in [0.2, 0.25) is 0 Å². The zero-order chi connectivity index (χ0) is 19.0. The maximum atomic E-state index is 12.3. The van der Waals surface area contributed by atoms with E-state index >= 15 is 0 Å². The summed E-state index contributed by atoms with van der Waals surface area (Å²) in [6.45, 7) is 3.67. The van der Waals surface area contributed by atoms with Gasteiger partial charge in [0.2, 0.25) is 0 Å². The van der Waals surface area contributed by atoms with Gasteiger partial charge in [0.15, 0.2) is 0 Å². The molecule has 10 nitrogen and oxygen atoms in total. The Hall–Kier alpha value is -3.04. The molecule has 0 saturated carbocycles. The van der Waals surface area contributed by atoms with E-state index in [0.717, 1.165) is 24.6 Å². The Bertz CT molecular complexity index is 643. The maximum absolute atomic E-state index is 12.3. The fourth-order valence-electron chi connectivity index (χ4n) is 2.08. The molecule has 0 spiro atoms. The Morgan fingerprint density at radius 2 is 1.68 bits per heavy atom. The predicted molar refractivity (Wildman–Crippen MR) is 87.2 cm³/mol. The lowest BCUT2D eigenvalue weighted by Crippen LogP contribution is -2.41. The van der Waals surface area contributed by atoms with E-state index in [1.807, 2.05) is 6.92 Å². The third-order valence-corrected chi connectivity index (χ3v) is 3.31. The van der Waals surface area contributed by atoms with Crippen LogP contribution in [0.3, 0.4) is 0 Å². The Morgan fingerprint density at radius 3 is 2.12 bits per heavy atom. The standard InChI is InChI=1S/C15H19N3O7/c1-3-5-6-13(15(20)25-4-2)16-14(19)10-7-11(17(21)22)9-12(8-10)18(23)24/h7-9,13H,3-6H2,1-2H3,(H,16,19)/t13-/m1/s1. The molecule has 0 aliphatic carbocycles. The van der Waals surface area contributed by atoms with Gasteiger partial charge < -0.3 is 10.1 Å². The fraction of sp³-hybridized carbons (Fsp3) is 0.467. The van der Waals surface area contributed by atoms with Crippen molar-refractivity contribution >= 4 is 23.3 Å². The first kappa shape index (κ1) is 20.0. The normalized spacial score (nSPS) is 11.4. The molecule has 1 amide bonds. The average Bonchev–Trinajstić information content (AvgIpc) is 2.57. The van der Waals surface area contributed by atoms with E-state index in [1.165, 1.54) is 0 Å². The minimum atomic E-state index is -0.925.